The molecule has 3 aromatic rings. The summed E-state index contributed by atoms with van der Waals surface area (Å²) in [5, 5.41) is 3.19. The fourth-order valence-electron chi connectivity index (χ4n) is 2.79. The van der Waals surface area contributed by atoms with Crippen molar-refractivity contribution < 1.29 is 4.79 Å². The number of aromatic nitrogens is 2. The summed E-state index contributed by atoms with van der Waals surface area (Å²) in [6.45, 7) is 4.27. The number of nitrogens with one attached hydrogen (secondary N) is 2. The van der Waals surface area contributed by atoms with Gasteiger partial charge in [0.15, 0.2) is 0 Å². The zero-order valence-electron chi connectivity index (χ0n) is 14.1. The molecule has 0 bridgehead atoms. The van der Waals surface area contributed by atoms with E-state index in [9.17, 15) is 4.79 Å². The lowest BCUT2D eigenvalue weighted by Gasteiger charge is -2.20. The molecule has 4 nitrogen and oxygen atoms in total. The predicted octanol–water partition coefficient (Wildman–Crippen LogP) is 4.20. The molecule has 0 aliphatic heterocycles. The number of hydrogen-bond acceptors (Lipinski definition) is 2. The molecule has 2 aromatic carbocycles. The molecule has 0 saturated carbocycles. The van der Waals surface area contributed by atoms with E-state index in [4.69, 9.17) is 0 Å². The number of carbonyl (C=O) groups excluding carboxylic acids is 1. The van der Waals surface area contributed by atoms with E-state index in [0.29, 0.717) is 12.3 Å². The normalized spacial score (nSPS) is 12.5. The van der Waals surface area contributed by atoms with Crippen molar-refractivity contribution in [3.8, 4) is 0 Å². The molecule has 124 valence electrons. The van der Waals surface area contributed by atoms with Crippen LogP contribution in [0.5, 0.6) is 0 Å². The quantitative estimate of drug-likeness (QED) is 0.714. The van der Waals surface area contributed by atoms with Crippen LogP contribution < -0.4 is 5.32 Å². The van der Waals surface area contributed by atoms with Gasteiger partial charge in [-0.3, -0.25) is 4.79 Å². The maximum absolute atomic E-state index is 12.4. The summed E-state index contributed by atoms with van der Waals surface area (Å²) in [6.07, 6.45) is 3.13. The van der Waals surface area contributed by atoms with Crippen LogP contribution >= 0.6 is 0 Å². The lowest BCUT2D eigenvalue weighted by atomic mass is 9.97. The zero-order chi connectivity index (χ0) is 16.9. The van der Waals surface area contributed by atoms with Crippen molar-refractivity contribution in [1.29, 1.82) is 0 Å². The SMILES string of the molecule is CC(C)CCC(=O)N[C@@H](c1ccccc1)c1ccc2nc[nH]c2c1. The summed E-state index contributed by atoms with van der Waals surface area (Å²) in [5.74, 6) is 0.606. The van der Waals surface area contributed by atoms with Gasteiger partial charge in [0.25, 0.3) is 0 Å². The number of rotatable bonds is 6. The van der Waals surface area contributed by atoms with Gasteiger partial charge in [-0.05, 0) is 35.6 Å². The Balaban J connectivity index is 1.88. The van der Waals surface area contributed by atoms with Crippen LogP contribution in [0.1, 0.15) is 43.9 Å². The van der Waals surface area contributed by atoms with Gasteiger partial charge in [0.05, 0.1) is 23.4 Å². The van der Waals surface area contributed by atoms with E-state index in [1.54, 1.807) is 6.33 Å². The molecular formula is C20H23N3O. The highest BCUT2D eigenvalue weighted by Gasteiger charge is 2.17. The number of aromatic amines is 1. The number of hydrogen-bond donors (Lipinski definition) is 2. The van der Waals surface area contributed by atoms with Crippen LogP contribution in [0.2, 0.25) is 0 Å². The highest BCUT2D eigenvalue weighted by Crippen LogP contribution is 2.25. The van der Waals surface area contributed by atoms with Crippen molar-refractivity contribution in [2.45, 2.75) is 32.7 Å². The van der Waals surface area contributed by atoms with Crippen molar-refractivity contribution >= 4 is 16.9 Å². The van der Waals surface area contributed by atoms with Gasteiger partial charge in [-0.15, -0.1) is 0 Å². The number of benzene rings is 2. The van der Waals surface area contributed by atoms with Crippen LogP contribution in [0.4, 0.5) is 0 Å². The number of H-pyrrole nitrogens is 1. The Bertz CT molecular complexity index is 808. The van der Waals surface area contributed by atoms with Gasteiger partial charge in [0, 0.05) is 6.42 Å². The molecule has 1 aromatic heterocycles. The summed E-state index contributed by atoms with van der Waals surface area (Å²) in [7, 11) is 0. The molecule has 24 heavy (non-hydrogen) atoms. The van der Waals surface area contributed by atoms with Crippen molar-refractivity contribution in [1.82, 2.24) is 15.3 Å². The first-order valence-corrected chi connectivity index (χ1v) is 8.41. The minimum atomic E-state index is -0.154. The Kier molecular flexibility index (Phi) is 4.94. The molecule has 1 atom stereocenters. The second-order valence-electron chi connectivity index (χ2n) is 6.52. The van der Waals surface area contributed by atoms with Crippen LogP contribution in [-0.4, -0.2) is 15.9 Å². The van der Waals surface area contributed by atoms with Crippen molar-refractivity contribution in [2.24, 2.45) is 5.92 Å². The van der Waals surface area contributed by atoms with Gasteiger partial charge < -0.3 is 10.3 Å². The summed E-state index contributed by atoms with van der Waals surface area (Å²) in [5.41, 5.74) is 4.03. The Hall–Kier alpha value is -2.62. The fraction of sp³-hybridized carbons (Fsp3) is 0.300. The summed E-state index contributed by atoms with van der Waals surface area (Å²) < 4.78 is 0. The Labute approximate surface area is 142 Å². The number of nitrogens with zero attached hydrogens (tertiary/aromatic N) is 1. The summed E-state index contributed by atoms with van der Waals surface area (Å²) >= 11 is 0. The average Bonchev–Trinajstić information content (AvgIpc) is 3.06. The minimum Gasteiger partial charge on any atom is -0.345 e. The first-order chi connectivity index (χ1) is 11.6. The van der Waals surface area contributed by atoms with Crippen molar-refractivity contribution in [3.05, 3.63) is 66.0 Å². The fourth-order valence-corrected chi connectivity index (χ4v) is 2.79. The van der Waals surface area contributed by atoms with Gasteiger partial charge in [-0.25, -0.2) is 4.98 Å². The topological polar surface area (TPSA) is 57.8 Å². The first kappa shape index (κ1) is 16.2. The predicted molar refractivity (Wildman–Crippen MR) is 96.6 cm³/mol. The van der Waals surface area contributed by atoms with Crippen LogP contribution in [0.15, 0.2) is 54.9 Å². The number of amides is 1. The molecule has 0 unspecified atom stereocenters. The number of fused-ring (bicyclic) bond motifs is 1. The lowest BCUT2D eigenvalue weighted by Crippen LogP contribution is -2.29. The third-order valence-electron chi connectivity index (χ3n) is 4.16. The van der Waals surface area contributed by atoms with E-state index in [2.05, 4.69) is 35.2 Å². The van der Waals surface area contributed by atoms with Crippen LogP contribution in [0.25, 0.3) is 11.0 Å². The molecule has 3 rings (SSSR count). The van der Waals surface area contributed by atoms with Gasteiger partial charge in [-0.2, -0.15) is 0 Å². The van der Waals surface area contributed by atoms with Gasteiger partial charge >= 0.3 is 0 Å². The second kappa shape index (κ2) is 7.30. The second-order valence-corrected chi connectivity index (χ2v) is 6.52. The molecule has 0 saturated heterocycles. The van der Waals surface area contributed by atoms with E-state index in [0.717, 1.165) is 28.6 Å². The minimum absolute atomic E-state index is 0.0854. The van der Waals surface area contributed by atoms with Crippen LogP contribution in [0, 0.1) is 5.92 Å². The molecule has 2 N–H and O–H groups in total. The molecule has 4 heteroatoms. The average molecular weight is 321 g/mol. The lowest BCUT2D eigenvalue weighted by molar-refractivity contribution is -0.121. The van der Waals surface area contributed by atoms with Crippen molar-refractivity contribution in [3.63, 3.8) is 0 Å². The van der Waals surface area contributed by atoms with E-state index < -0.39 is 0 Å². The maximum atomic E-state index is 12.4. The first-order valence-electron chi connectivity index (χ1n) is 8.41. The molecule has 0 fully saturated rings. The number of imidazole rings is 1. The van der Waals surface area contributed by atoms with Gasteiger partial charge in [0.2, 0.25) is 5.91 Å². The van der Waals surface area contributed by atoms with E-state index >= 15 is 0 Å². The number of carbonyl (C=O) groups is 1. The van der Waals surface area contributed by atoms with Gasteiger partial charge in [-0.1, -0.05) is 50.2 Å². The third-order valence-corrected chi connectivity index (χ3v) is 4.16. The Morgan fingerprint density at radius 2 is 1.92 bits per heavy atom. The van der Waals surface area contributed by atoms with Crippen LogP contribution in [0.3, 0.4) is 0 Å². The molecule has 1 amide bonds. The molecular weight excluding hydrogens is 298 g/mol. The largest absolute Gasteiger partial charge is 0.345 e. The smallest absolute Gasteiger partial charge is 0.220 e. The summed E-state index contributed by atoms with van der Waals surface area (Å²) in [6, 6.07) is 16.0. The zero-order valence-corrected chi connectivity index (χ0v) is 14.1. The van der Waals surface area contributed by atoms with E-state index in [1.165, 1.54) is 0 Å². The van der Waals surface area contributed by atoms with E-state index in [1.807, 2.05) is 42.5 Å². The van der Waals surface area contributed by atoms with Gasteiger partial charge in [0.1, 0.15) is 0 Å². The highest BCUT2D eigenvalue weighted by molar-refractivity contribution is 5.78. The maximum Gasteiger partial charge on any atom is 0.220 e. The molecule has 0 spiro atoms. The van der Waals surface area contributed by atoms with E-state index in [-0.39, 0.29) is 11.9 Å². The molecule has 0 radical (unpaired) electrons. The Morgan fingerprint density at radius 1 is 1.12 bits per heavy atom. The Morgan fingerprint density at radius 3 is 2.67 bits per heavy atom. The molecule has 1 heterocycles. The molecule has 0 aliphatic rings. The molecule has 0 aliphatic carbocycles. The third kappa shape index (κ3) is 3.82. The monoisotopic (exact) mass is 321 g/mol. The highest BCUT2D eigenvalue weighted by atomic mass is 16.1. The van der Waals surface area contributed by atoms with Crippen LogP contribution in [-0.2, 0) is 4.79 Å². The summed E-state index contributed by atoms with van der Waals surface area (Å²) in [4.78, 5) is 19.8. The standard InChI is InChI=1S/C20H23N3O/c1-14(2)8-11-19(24)23-20(15-6-4-3-5-7-15)16-9-10-17-18(12-16)22-13-21-17/h3-7,9-10,12-14,20H,8,11H2,1-2H3,(H,21,22)(H,23,24)/t20-/m0/s1. The van der Waals surface area contributed by atoms with Crippen molar-refractivity contribution in [2.75, 3.05) is 0 Å².